The number of hydrogen-bond acceptors (Lipinski definition) is 3. The van der Waals surface area contributed by atoms with Crippen LogP contribution in [0.25, 0.3) is 0 Å². The molecule has 0 unspecified atom stereocenters. The highest BCUT2D eigenvalue weighted by Gasteiger charge is 2.17. The van der Waals surface area contributed by atoms with E-state index >= 15 is 0 Å². The number of aryl methyl sites for hydroxylation is 3. The average Bonchev–Trinajstić information content (AvgIpc) is 2.57. The maximum Gasteiger partial charge on any atom is 0.232 e. The second-order valence-electron chi connectivity index (χ2n) is 6.88. The molecule has 0 spiro atoms. The number of amides is 1. The first-order valence-electron chi connectivity index (χ1n) is 9.14. The summed E-state index contributed by atoms with van der Waals surface area (Å²) in [5, 5.41) is 2.88. The van der Waals surface area contributed by atoms with E-state index in [1.54, 1.807) is 0 Å². The van der Waals surface area contributed by atoms with Gasteiger partial charge < -0.3 is 5.32 Å². The van der Waals surface area contributed by atoms with Crippen LogP contribution in [-0.4, -0.2) is 27.1 Å². The smallest absolute Gasteiger partial charge is 0.232 e. The van der Waals surface area contributed by atoms with Gasteiger partial charge in [-0.15, -0.1) is 0 Å². The first-order chi connectivity index (χ1) is 12.7. The van der Waals surface area contributed by atoms with E-state index in [-0.39, 0.29) is 18.9 Å². The van der Waals surface area contributed by atoms with Gasteiger partial charge >= 0.3 is 0 Å². The summed E-state index contributed by atoms with van der Waals surface area (Å²) >= 11 is 0. The largest absolute Gasteiger partial charge is 0.326 e. The fraction of sp³-hybridized carbons (Fsp3) is 0.381. The predicted molar refractivity (Wildman–Crippen MR) is 112 cm³/mol. The maximum atomic E-state index is 12.2. The van der Waals surface area contributed by atoms with Crippen LogP contribution in [0.1, 0.15) is 36.5 Å². The van der Waals surface area contributed by atoms with Crippen LogP contribution in [0.2, 0.25) is 0 Å². The van der Waals surface area contributed by atoms with Crippen LogP contribution < -0.4 is 9.62 Å². The van der Waals surface area contributed by atoms with Gasteiger partial charge in [0, 0.05) is 18.7 Å². The molecule has 0 heterocycles. The Bertz CT molecular complexity index is 870. The van der Waals surface area contributed by atoms with Crippen LogP contribution in [0, 0.1) is 13.8 Å². The second kappa shape index (κ2) is 9.04. The van der Waals surface area contributed by atoms with Crippen LogP contribution in [0.4, 0.5) is 11.4 Å². The molecule has 2 rings (SSSR count). The number of hydrogen-bond donors (Lipinski definition) is 1. The van der Waals surface area contributed by atoms with E-state index in [1.165, 1.54) is 10.6 Å². The van der Waals surface area contributed by atoms with E-state index in [0.717, 1.165) is 28.8 Å². The molecule has 0 radical (unpaired) electrons. The zero-order valence-corrected chi connectivity index (χ0v) is 17.3. The van der Waals surface area contributed by atoms with Gasteiger partial charge in [0.25, 0.3) is 0 Å². The molecule has 1 amide bonds. The van der Waals surface area contributed by atoms with E-state index in [1.807, 2.05) is 56.3 Å². The summed E-state index contributed by atoms with van der Waals surface area (Å²) in [6.07, 6.45) is 2.79. The zero-order valence-electron chi connectivity index (χ0n) is 16.5. The molecule has 146 valence electrons. The van der Waals surface area contributed by atoms with Crippen LogP contribution in [-0.2, 0) is 21.2 Å². The average molecular weight is 389 g/mol. The molecule has 5 nitrogen and oxygen atoms in total. The van der Waals surface area contributed by atoms with Crippen LogP contribution >= 0.6 is 0 Å². The Hall–Kier alpha value is -2.34. The lowest BCUT2D eigenvalue weighted by molar-refractivity contribution is -0.116. The Kier molecular flexibility index (Phi) is 7.02. The Morgan fingerprint density at radius 2 is 1.63 bits per heavy atom. The number of sulfonamides is 1. The predicted octanol–water partition coefficient (Wildman–Crippen LogP) is 4.05. The van der Waals surface area contributed by atoms with Crippen molar-refractivity contribution in [1.29, 1.82) is 0 Å². The molecule has 0 aliphatic heterocycles. The van der Waals surface area contributed by atoms with Gasteiger partial charge in [-0.1, -0.05) is 25.1 Å². The molecule has 0 saturated carbocycles. The third-order valence-electron chi connectivity index (χ3n) is 4.30. The van der Waals surface area contributed by atoms with Crippen molar-refractivity contribution >= 4 is 27.3 Å². The molecule has 2 aromatic rings. The van der Waals surface area contributed by atoms with Crippen molar-refractivity contribution < 1.29 is 13.2 Å². The summed E-state index contributed by atoms with van der Waals surface area (Å²) in [6, 6.07) is 13.4. The lowest BCUT2D eigenvalue weighted by Gasteiger charge is -2.22. The number of nitrogens with one attached hydrogen (secondary N) is 1. The minimum Gasteiger partial charge on any atom is -0.326 e. The number of benzene rings is 2. The standard InChI is InChI=1S/C21H28N2O3S/c1-5-18-8-10-20(11-9-18)23(27(4,25)26)12-6-7-21(24)22-19-14-16(2)13-17(3)15-19/h8-11,13-15H,5-7,12H2,1-4H3,(H,22,24). The fourth-order valence-corrected chi connectivity index (χ4v) is 4.00. The highest BCUT2D eigenvalue weighted by molar-refractivity contribution is 7.92. The summed E-state index contributed by atoms with van der Waals surface area (Å²) in [6.45, 7) is 6.29. The molecule has 1 N–H and O–H groups in total. The van der Waals surface area contributed by atoms with Crippen LogP contribution in [0.15, 0.2) is 42.5 Å². The SMILES string of the molecule is CCc1ccc(N(CCCC(=O)Nc2cc(C)cc(C)c2)S(C)(=O)=O)cc1. The number of anilines is 2. The molecule has 0 aliphatic carbocycles. The van der Waals surface area contributed by atoms with Crippen molar-refractivity contribution in [3.8, 4) is 0 Å². The maximum absolute atomic E-state index is 12.2. The van der Waals surface area contributed by atoms with Gasteiger partial charge in [0.2, 0.25) is 15.9 Å². The summed E-state index contributed by atoms with van der Waals surface area (Å²) in [5.41, 5.74) is 4.73. The van der Waals surface area contributed by atoms with Gasteiger partial charge in [0.15, 0.2) is 0 Å². The minimum absolute atomic E-state index is 0.116. The number of nitrogens with zero attached hydrogens (tertiary/aromatic N) is 1. The number of carbonyl (C=O) groups is 1. The van der Waals surface area contributed by atoms with E-state index < -0.39 is 10.0 Å². The van der Waals surface area contributed by atoms with Crippen molar-refractivity contribution in [3.63, 3.8) is 0 Å². The van der Waals surface area contributed by atoms with Gasteiger partial charge in [0.05, 0.1) is 11.9 Å². The Morgan fingerprint density at radius 3 is 2.15 bits per heavy atom. The molecule has 6 heteroatoms. The molecule has 0 aliphatic rings. The van der Waals surface area contributed by atoms with Crippen molar-refractivity contribution in [2.45, 2.75) is 40.0 Å². The van der Waals surface area contributed by atoms with Gasteiger partial charge in [-0.3, -0.25) is 9.10 Å². The van der Waals surface area contributed by atoms with Gasteiger partial charge in [-0.2, -0.15) is 0 Å². The molecule has 0 fully saturated rings. The summed E-state index contributed by atoms with van der Waals surface area (Å²) in [5.74, 6) is -0.116. The monoisotopic (exact) mass is 388 g/mol. The minimum atomic E-state index is -3.40. The van der Waals surface area contributed by atoms with E-state index in [9.17, 15) is 13.2 Å². The molecule has 0 atom stereocenters. The third kappa shape index (κ3) is 6.40. The quantitative estimate of drug-likeness (QED) is 0.742. The van der Waals surface area contributed by atoms with Crippen LogP contribution in [0.5, 0.6) is 0 Å². The number of rotatable bonds is 8. The summed E-state index contributed by atoms with van der Waals surface area (Å²) in [4.78, 5) is 12.2. The molecule has 0 bridgehead atoms. The molecule has 0 aromatic heterocycles. The first kappa shape index (κ1) is 21.0. The molecule has 2 aromatic carbocycles. The van der Waals surface area contributed by atoms with Crippen molar-refractivity contribution in [2.75, 3.05) is 22.4 Å². The highest BCUT2D eigenvalue weighted by Crippen LogP contribution is 2.20. The topological polar surface area (TPSA) is 66.5 Å². The highest BCUT2D eigenvalue weighted by atomic mass is 32.2. The zero-order chi connectivity index (χ0) is 20.0. The second-order valence-corrected chi connectivity index (χ2v) is 8.79. The summed E-state index contributed by atoms with van der Waals surface area (Å²) < 4.78 is 25.7. The fourth-order valence-electron chi connectivity index (χ4n) is 3.04. The van der Waals surface area contributed by atoms with Crippen LogP contribution in [0.3, 0.4) is 0 Å². The normalized spacial score (nSPS) is 11.3. The molecule has 27 heavy (non-hydrogen) atoms. The Morgan fingerprint density at radius 1 is 1.04 bits per heavy atom. The Labute approximate surface area is 162 Å². The van der Waals surface area contributed by atoms with E-state index in [4.69, 9.17) is 0 Å². The third-order valence-corrected chi connectivity index (χ3v) is 5.50. The van der Waals surface area contributed by atoms with Crippen molar-refractivity contribution in [2.24, 2.45) is 0 Å². The molecular weight excluding hydrogens is 360 g/mol. The van der Waals surface area contributed by atoms with Gasteiger partial charge in [0.1, 0.15) is 0 Å². The number of carbonyl (C=O) groups excluding carboxylic acids is 1. The van der Waals surface area contributed by atoms with Crippen molar-refractivity contribution in [3.05, 3.63) is 59.2 Å². The van der Waals surface area contributed by atoms with Gasteiger partial charge in [-0.05, 0) is 67.6 Å². The molecular formula is C21H28N2O3S. The first-order valence-corrected chi connectivity index (χ1v) is 11.0. The Balaban J connectivity index is 1.97. The van der Waals surface area contributed by atoms with E-state index in [0.29, 0.717) is 12.1 Å². The lowest BCUT2D eigenvalue weighted by atomic mass is 10.1. The van der Waals surface area contributed by atoms with E-state index in [2.05, 4.69) is 12.2 Å². The summed E-state index contributed by atoms with van der Waals surface area (Å²) in [7, 11) is -3.40. The van der Waals surface area contributed by atoms with Gasteiger partial charge in [-0.25, -0.2) is 8.42 Å². The van der Waals surface area contributed by atoms with Crippen molar-refractivity contribution in [1.82, 2.24) is 0 Å². The molecule has 0 saturated heterocycles. The lowest BCUT2D eigenvalue weighted by Crippen LogP contribution is -2.31.